The van der Waals surface area contributed by atoms with Crippen LogP contribution in [0, 0.1) is 5.92 Å². The minimum atomic E-state index is -5.14. The lowest BCUT2D eigenvalue weighted by Gasteiger charge is -2.21. The number of fused-ring (bicyclic) bond motifs is 3. The zero-order valence-electron chi connectivity index (χ0n) is 22.1. The van der Waals surface area contributed by atoms with Crippen LogP contribution in [0.2, 0.25) is 0 Å². The standard InChI is InChI=1S/C30H27F3N2O7/c31-30(32,33)24(28(38)39)15-34-27(37)25(14-26(36)41-16-18-8-2-1-3-9-18)35-29(40)42-17-23-21-12-6-4-10-19(21)20-11-5-7-13-22(20)23/h1-13,23-25H,14-17H2,(H,34,37)(H,35,40)(H,38,39)/t24?,25-/m0/s1. The highest BCUT2D eigenvalue weighted by Crippen LogP contribution is 2.44. The highest BCUT2D eigenvalue weighted by atomic mass is 19.4. The Labute approximate surface area is 238 Å². The highest BCUT2D eigenvalue weighted by Gasteiger charge is 2.45. The van der Waals surface area contributed by atoms with Crippen LogP contribution >= 0.6 is 0 Å². The maximum absolute atomic E-state index is 13.1. The van der Waals surface area contributed by atoms with E-state index in [1.807, 2.05) is 53.8 Å². The summed E-state index contributed by atoms with van der Waals surface area (Å²) in [5.41, 5.74) is 4.47. The van der Waals surface area contributed by atoms with Crippen molar-refractivity contribution in [1.29, 1.82) is 0 Å². The molecule has 3 aromatic carbocycles. The summed E-state index contributed by atoms with van der Waals surface area (Å²) in [7, 11) is 0. The number of aliphatic carboxylic acids is 1. The Hall–Kier alpha value is -4.87. The van der Waals surface area contributed by atoms with Crippen LogP contribution in [-0.4, -0.2) is 54.4 Å². The van der Waals surface area contributed by atoms with Crippen LogP contribution < -0.4 is 10.6 Å². The molecule has 3 aromatic rings. The zero-order valence-corrected chi connectivity index (χ0v) is 22.1. The first-order valence-corrected chi connectivity index (χ1v) is 12.9. The van der Waals surface area contributed by atoms with Crippen molar-refractivity contribution in [3.8, 4) is 11.1 Å². The number of amides is 2. The summed E-state index contributed by atoms with van der Waals surface area (Å²) in [6.07, 6.45) is -6.98. The van der Waals surface area contributed by atoms with Crippen molar-refractivity contribution in [1.82, 2.24) is 10.6 Å². The third kappa shape index (κ3) is 7.45. The van der Waals surface area contributed by atoms with E-state index in [2.05, 4.69) is 5.32 Å². The minimum absolute atomic E-state index is 0.123. The van der Waals surface area contributed by atoms with E-state index < -0.39 is 55.0 Å². The predicted molar refractivity (Wildman–Crippen MR) is 143 cm³/mol. The number of nitrogens with one attached hydrogen (secondary N) is 2. The lowest BCUT2D eigenvalue weighted by atomic mass is 9.98. The fourth-order valence-electron chi connectivity index (χ4n) is 4.62. The van der Waals surface area contributed by atoms with Crippen molar-refractivity contribution < 1.29 is 46.9 Å². The molecule has 1 aliphatic rings. The molecule has 2 amide bonds. The van der Waals surface area contributed by atoms with Crippen molar-refractivity contribution in [2.75, 3.05) is 13.2 Å². The Morgan fingerprint density at radius 2 is 1.40 bits per heavy atom. The summed E-state index contributed by atoms with van der Waals surface area (Å²) in [6.45, 7) is -1.57. The van der Waals surface area contributed by atoms with E-state index in [4.69, 9.17) is 14.6 Å². The molecule has 0 radical (unpaired) electrons. The van der Waals surface area contributed by atoms with Gasteiger partial charge in [0, 0.05) is 12.5 Å². The molecule has 4 rings (SSSR count). The molecular formula is C30H27F3N2O7. The number of esters is 1. The molecule has 3 N–H and O–H groups in total. The van der Waals surface area contributed by atoms with E-state index in [0.717, 1.165) is 22.3 Å². The van der Waals surface area contributed by atoms with Gasteiger partial charge in [0.25, 0.3) is 0 Å². The van der Waals surface area contributed by atoms with E-state index in [0.29, 0.717) is 5.56 Å². The van der Waals surface area contributed by atoms with Crippen molar-refractivity contribution in [2.45, 2.75) is 31.2 Å². The van der Waals surface area contributed by atoms with E-state index >= 15 is 0 Å². The zero-order chi connectivity index (χ0) is 30.3. The maximum atomic E-state index is 13.1. The Bertz CT molecular complexity index is 1400. The molecule has 1 aliphatic carbocycles. The van der Waals surface area contributed by atoms with E-state index in [1.165, 1.54) is 0 Å². The van der Waals surface area contributed by atoms with Gasteiger partial charge in [0.1, 0.15) is 19.3 Å². The number of ether oxygens (including phenoxy) is 2. The van der Waals surface area contributed by atoms with Gasteiger partial charge in [0.15, 0.2) is 5.92 Å². The van der Waals surface area contributed by atoms with Crippen molar-refractivity contribution in [3.63, 3.8) is 0 Å². The first kappa shape index (κ1) is 30.1. The van der Waals surface area contributed by atoms with Crippen molar-refractivity contribution in [2.24, 2.45) is 5.92 Å². The van der Waals surface area contributed by atoms with Gasteiger partial charge in [-0.05, 0) is 27.8 Å². The number of hydrogen-bond donors (Lipinski definition) is 3. The monoisotopic (exact) mass is 584 g/mol. The van der Waals surface area contributed by atoms with Crippen LogP contribution in [0.25, 0.3) is 11.1 Å². The molecule has 220 valence electrons. The molecule has 0 aromatic heterocycles. The molecular weight excluding hydrogens is 557 g/mol. The van der Waals surface area contributed by atoms with Gasteiger partial charge in [0.2, 0.25) is 5.91 Å². The second-order valence-electron chi connectivity index (χ2n) is 9.55. The predicted octanol–water partition coefficient (Wildman–Crippen LogP) is 4.41. The molecule has 12 heteroatoms. The van der Waals surface area contributed by atoms with Crippen LogP contribution in [0.3, 0.4) is 0 Å². The fourth-order valence-corrected chi connectivity index (χ4v) is 4.62. The number of rotatable bonds is 11. The largest absolute Gasteiger partial charge is 0.481 e. The Balaban J connectivity index is 1.42. The van der Waals surface area contributed by atoms with E-state index in [1.54, 1.807) is 30.3 Å². The van der Waals surface area contributed by atoms with Gasteiger partial charge in [-0.2, -0.15) is 13.2 Å². The molecule has 0 aliphatic heterocycles. The van der Waals surface area contributed by atoms with Crippen LogP contribution in [0.15, 0.2) is 78.9 Å². The average molecular weight is 585 g/mol. The molecule has 2 atom stereocenters. The van der Waals surface area contributed by atoms with Gasteiger partial charge in [-0.1, -0.05) is 78.9 Å². The molecule has 0 bridgehead atoms. The number of alkyl halides is 3. The van der Waals surface area contributed by atoms with Crippen LogP contribution in [0.1, 0.15) is 29.0 Å². The van der Waals surface area contributed by atoms with E-state index in [9.17, 15) is 32.3 Å². The SMILES string of the molecule is O=C(C[C@H](NC(=O)OCC1c2ccccc2-c2ccccc21)C(=O)NCC(C(=O)O)C(F)(F)F)OCc1ccccc1. The second kappa shape index (κ2) is 13.2. The van der Waals surface area contributed by atoms with Crippen LogP contribution in [-0.2, 0) is 30.5 Å². The summed E-state index contributed by atoms with van der Waals surface area (Å²) in [5, 5.41) is 13.0. The summed E-state index contributed by atoms with van der Waals surface area (Å²) in [4.78, 5) is 49.1. The topological polar surface area (TPSA) is 131 Å². The number of alkyl carbamates (subject to hydrolysis) is 1. The summed E-state index contributed by atoms with van der Waals surface area (Å²) in [5.74, 6) is -7.53. The molecule has 0 saturated heterocycles. The van der Waals surface area contributed by atoms with Crippen molar-refractivity contribution >= 4 is 23.9 Å². The molecule has 0 spiro atoms. The van der Waals surface area contributed by atoms with Crippen LogP contribution in [0.5, 0.6) is 0 Å². The first-order valence-electron chi connectivity index (χ1n) is 12.9. The van der Waals surface area contributed by atoms with Gasteiger partial charge in [-0.25, -0.2) is 4.79 Å². The maximum Gasteiger partial charge on any atom is 0.407 e. The third-order valence-corrected chi connectivity index (χ3v) is 6.74. The van der Waals surface area contributed by atoms with Gasteiger partial charge in [-0.15, -0.1) is 0 Å². The Kier molecular flexibility index (Phi) is 9.46. The summed E-state index contributed by atoms with van der Waals surface area (Å²) < 4.78 is 49.7. The number of halogens is 3. The highest BCUT2D eigenvalue weighted by molar-refractivity contribution is 5.90. The molecule has 1 unspecified atom stereocenters. The Morgan fingerprint density at radius 3 is 1.98 bits per heavy atom. The van der Waals surface area contributed by atoms with Gasteiger partial charge in [-0.3, -0.25) is 14.4 Å². The molecule has 42 heavy (non-hydrogen) atoms. The quantitative estimate of drug-likeness (QED) is 0.285. The number of carboxylic acid groups (broad SMARTS) is 1. The lowest BCUT2D eigenvalue weighted by Crippen LogP contribution is -2.51. The average Bonchev–Trinajstić information content (AvgIpc) is 3.28. The molecule has 0 fully saturated rings. The number of hydrogen-bond acceptors (Lipinski definition) is 6. The number of benzene rings is 3. The van der Waals surface area contributed by atoms with Gasteiger partial charge >= 0.3 is 24.2 Å². The van der Waals surface area contributed by atoms with Gasteiger partial charge in [0.05, 0.1) is 6.42 Å². The summed E-state index contributed by atoms with van der Waals surface area (Å²) >= 11 is 0. The lowest BCUT2D eigenvalue weighted by molar-refractivity contribution is -0.192. The van der Waals surface area contributed by atoms with E-state index in [-0.39, 0.29) is 19.1 Å². The Morgan fingerprint density at radius 1 is 0.833 bits per heavy atom. The molecule has 0 heterocycles. The number of carboxylic acids is 1. The normalized spacial score (nSPS) is 13.7. The van der Waals surface area contributed by atoms with Crippen molar-refractivity contribution in [3.05, 3.63) is 95.6 Å². The number of carbonyl (C=O) groups is 4. The van der Waals surface area contributed by atoms with Gasteiger partial charge < -0.3 is 25.2 Å². The third-order valence-electron chi connectivity index (χ3n) is 6.74. The van der Waals surface area contributed by atoms with Crippen LogP contribution in [0.4, 0.5) is 18.0 Å². The number of carbonyl (C=O) groups excluding carboxylic acids is 3. The molecule has 9 nitrogen and oxygen atoms in total. The smallest absolute Gasteiger partial charge is 0.407 e. The minimum Gasteiger partial charge on any atom is -0.481 e. The summed E-state index contributed by atoms with van der Waals surface area (Å²) in [6, 6.07) is 22.1. The second-order valence-corrected chi connectivity index (χ2v) is 9.55. The fraction of sp³-hybridized carbons (Fsp3) is 0.267. The molecule has 0 saturated carbocycles. The first-order chi connectivity index (χ1) is 20.0.